The third-order valence-electron chi connectivity index (χ3n) is 4.66. The van der Waals surface area contributed by atoms with Gasteiger partial charge in [-0.1, -0.05) is 18.2 Å². The van der Waals surface area contributed by atoms with Gasteiger partial charge in [-0.05, 0) is 26.3 Å². The molecule has 1 aromatic carbocycles. The lowest BCUT2D eigenvalue weighted by Gasteiger charge is -2.12. The zero-order valence-corrected chi connectivity index (χ0v) is 17.6. The Morgan fingerprint density at radius 2 is 1.84 bits per heavy atom. The number of benzene rings is 1. The fraction of sp³-hybridized carbons (Fsp3) is 0.450. The maximum atomic E-state index is 12.7. The van der Waals surface area contributed by atoms with Crippen LogP contribution in [0.3, 0.4) is 0 Å². The highest BCUT2D eigenvalue weighted by molar-refractivity contribution is 6.27. The van der Waals surface area contributed by atoms with Gasteiger partial charge in [0.25, 0.3) is 5.91 Å². The van der Waals surface area contributed by atoms with Gasteiger partial charge in [-0.25, -0.2) is 9.59 Å². The van der Waals surface area contributed by atoms with Crippen LogP contribution < -0.4 is 16.0 Å². The van der Waals surface area contributed by atoms with E-state index in [1.807, 2.05) is 28.9 Å². The summed E-state index contributed by atoms with van der Waals surface area (Å²) in [6.45, 7) is 6.87. The smallest absolute Gasteiger partial charge is 0.414 e. The van der Waals surface area contributed by atoms with Crippen molar-refractivity contribution in [1.82, 2.24) is 25.7 Å². The second kappa shape index (κ2) is 10.5. The summed E-state index contributed by atoms with van der Waals surface area (Å²) in [5.41, 5.74) is 1.44. The number of fused-ring (bicyclic) bond motifs is 1. The number of aliphatic carboxylic acids is 2. The number of para-hydroxylation sites is 1. The summed E-state index contributed by atoms with van der Waals surface area (Å²) >= 11 is 0. The third-order valence-corrected chi connectivity index (χ3v) is 4.66. The van der Waals surface area contributed by atoms with E-state index in [0.29, 0.717) is 18.8 Å². The van der Waals surface area contributed by atoms with Crippen molar-refractivity contribution < 1.29 is 29.4 Å². The Morgan fingerprint density at radius 1 is 1.19 bits per heavy atom. The van der Waals surface area contributed by atoms with Crippen LogP contribution in [-0.2, 0) is 14.4 Å². The molecular weight excluding hydrogens is 406 g/mol. The zero-order chi connectivity index (χ0) is 23.1. The molecule has 0 aliphatic carbocycles. The Labute approximate surface area is 178 Å². The van der Waals surface area contributed by atoms with Gasteiger partial charge in [0.15, 0.2) is 5.69 Å². The molecule has 1 aliphatic heterocycles. The summed E-state index contributed by atoms with van der Waals surface area (Å²) in [7, 11) is 0. The molecule has 2 atom stereocenters. The molecule has 11 nitrogen and oxygen atoms in total. The van der Waals surface area contributed by atoms with E-state index in [1.165, 1.54) is 6.92 Å². The van der Waals surface area contributed by atoms with Gasteiger partial charge in [0.2, 0.25) is 5.91 Å². The van der Waals surface area contributed by atoms with Crippen LogP contribution in [-0.4, -0.2) is 68.9 Å². The van der Waals surface area contributed by atoms with Gasteiger partial charge in [0, 0.05) is 43.5 Å². The number of rotatable bonds is 5. The fourth-order valence-electron chi connectivity index (χ4n) is 3.26. The van der Waals surface area contributed by atoms with Crippen molar-refractivity contribution in [3.63, 3.8) is 0 Å². The number of hydrogen-bond donors (Lipinski definition) is 5. The number of carboxylic acid groups (broad SMARTS) is 2. The first-order chi connectivity index (χ1) is 14.6. The predicted molar refractivity (Wildman–Crippen MR) is 112 cm³/mol. The molecule has 0 spiro atoms. The van der Waals surface area contributed by atoms with E-state index in [0.717, 1.165) is 17.3 Å². The van der Waals surface area contributed by atoms with Crippen LogP contribution >= 0.6 is 0 Å². The molecule has 0 radical (unpaired) electrons. The van der Waals surface area contributed by atoms with Gasteiger partial charge < -0.3 is 26.2 Å². The molecule has 168 valence electrons. The largest absolute Gasteiger partial charge is 0.473 e. The Bertz CT molecular complexity index is 958. The lowest BCUT2D eigenvalue weighted by Crippen LogP contribution is -2.36. The summed E-state index contributed by atoms with van der Waals surface area (Å²) in [5.74, 6) is -3.84. The number of amides is 2. The van der Waals surface area contributed by atoms with Crippen LogP contribution in [0.15, 0.2) is 24.3 Å². The maximum Gasteiger partial charge on any atom is 0.414 e. The number of aromatic nitrogens is 2. The first-order valence-corrected chi connectivity index (χ1v) is 9.82. The molecule has 1 aromatic heterocycles. The van der Waals surface area contributed by atoms with E-state index >= 15 is 0 Å². The number of nitrogens with one attached hydrogen (secondary N) is 3. The minimum absolute atomic E-state index is 0.0363. The molecule has 3 rings (SSSR count). The fourth-order valence-corrected chi connectivity index (χ4v) is 3.26. The summed E-state index contributed by atoms with van der Waals surface area (Å²) in [5, 5.41) is 29.4. The number of hydrogen-bond acceptors (Lipinski definition) is 6. The third kappa shape index (κ3) is 6.51. The van der Waals surface area contributed by atoms with E-state index in [-0.39, 0.29) is 29.9 Å². The van der Waals surface area contributed by atoms with Gasteiger partial charge in [0.05, 0.1) is 5.52 Å². The average Bonchev–Trinajstić information content (AvgIpc) is 3.31. The van der Waals surface area contributed by atoms with Gasteiger partial charge in [0.1, 0.15) is 0 Å². The van der Waals surface area contributed by atoms with Crippen LogP contribution in [0.1, 0.15) is 43.7 Å². The monoisotopic (exact) mass is 433 g/mol. The number of carbonyl (C=O) groups excluding carboxylic acids is 2. The summed E-state index contributed by atoms with van der Waals surface area (Å²) in [6.07, 6.45) is 0.787. The summed E-state index contributed by atoms with van der Waals surface area (Å²) in [4.78, 5) is 41.9. The quantitative estimate of drug-likeness (QED) is 0.422. The zero-order valence-electron chi connectivity index (χ0n) is 17.6. The Morgan fingerprint density at radius 3 is 2.42 bits per heavy atom. The lowest BCUT2D eigenvalue weighted by atomic mass is 10.1. The molecule has 1 saturated heterocycles. The van der Waals surface area contributed by atoms with Crippen LogP contribution in [0.2, 0.25) is 0 Å². The van der Waals surface area contributed by atoms with E-state index < -0.39 is 11.9 Å². The second-order valence-electron chi connectivity index (χ2n) is 7.46. The minimum Gasteiger partial charge on any atom is -0.473 e. The van der Waals surface area contributed by atoms with E-state index in [9.17, 15) is 9.59 Å². The predicted octanol–water partition coefficient (Wildman–Crippen LogP) is 0.369. The highest BCUT2D eigenvalue weighted by Gasteiger charge is 2.27. The van der Waals surface area contributed by atoms with Gasteiger partial charge in [-0.2, -0.15) is 5.10 Å². The highest BCUT2D eigenvalue weighted by Crippen LogP contribution is 2.22. The lowest BCUT2D eigenvalue weighted by molar-refractivity contribution is -0.159. The van der Waals surface area contributed by atoms with Crippen LogP contribution in [0, 0.1) is 0 Å². The molecule has 1 aliphatic rings. The topological polar surface area (TPSA) is 163 Å². The first kappa shape index (κ1) is 23.8. The van der Waals surface area contributed by atoms with Crippen molar-refractivity contribution in [1.29, 1.82) is 0 Å². The molecule has 2 amide bonds. The van der Waals surface area contributed by atoms with Crippen molar-refractivity contribution >= 4 is 34.7 Å². The Kier molecular flexibility index (Phi) is 8.08. The van der Waals surface area contributed by atoms with Gasteiger partial charge in [-0.15, -0.1) is 0 Å². The van der Waals surface area contributed by atoms with Gasteiger partial charge in [-0.3, -0.25) is 14.3 Å². The SMILES string of the molecule is CC(=O)NC[C@@H]1C[C@H](NC(=O)c2nn(C(C)C)c3ccccc23)CN1.O=C(O)C(=O)O. The maximum absolute atomic E-state index is 12.7. The Hall–Kier alpha value is -3.47. The minimum atomic E-state index is -1.82. The first-order valence-electron chi connectivity index (χ1n) is 9.82. The van der Waals surface area contributed by atoms with E-state index in [2.05, 4.69) is 34.9 Å². The van der Waals surface area contributed by atoms with Crippen molar-refractivity contribution in [2.24, 2.45) is 0 Å². The normalized spacial score (nSPS) is 17.7. The summed E-state index contributed by atoms with van der Waals surface area (Å²) in [6, 6.07) is 8.20. The molecule has 11 heteroatoms. The molecule has 5 N–H and O–H groups in total. The summed E-state index contributed by atoms with van der Waals surface area (Å²) < 4.78 is 1.89. The molecule has 2 aromatic rings. The molecule has 0 unspecified atom stereocenters. The van der Waals surface area contributed by atoms with Crippen molar-refractivity contribution in [3.8, 4) is 0 Å². The Balaban J connectivity index is 0.000000501. The standard InChI is InChI=1S/C18H25N5O2.C2H2O4/c1-11(2)23-16-7-5-4-6-15(16)17(22-23)18(25)21-14-8-13(20-10-14)9-19-12(3)24;3-1(4)2(5)6/h4-7,11,13-14,20H,8-10H2,1-3H3,(H,19,24)(H,21,25);(H,3,4)(H,5,6)/t13-,14-;/m0./s1. The number of nitrogens with zero attached hydrogens (tertiary/aromatic N) is 2. The molecule has 31 heavy (non-hydrogen) atoms. The van der Waals surface area contributed by atoms with Crippen LogP contribution in [0.4, 0.5) is 0 Å². The molecule has 0 saturated carbocycles. The highest BCUT2D eigenvalue weighted by atomic mass is 16.4. The second-order valence-corrected chi connectivity index (χ2v) is 7.46. The van der Waals surface area contributed by atoms with Crippen molar-refractivity contribution in [2.45, 2.75) is 45.3 Å². The number of carbonyl (C=O) groups is 4. The molecule has 1 fully saturated rings. The van der Waals surface area contributed by atoms with Crippen molar-refractivity contribution in [3.05, 3.63) is 30.0 Å². The molecular formula is C20H27N5O6. The number of carboxylic acids is 2. The van der Waals surface area contributed by atoms with E-state index in [1.54, 1.807) is 0 Å². The van der Waals surface area contributed by atoms with Crippen molar-refractivity contribution in [2.75, 3.05) is 13.1 Å². The molecule has 2 heterocycles. The average molecular weight is 433 g/mol. The van der Waals surface area contributed by atoms with Crippen LogP contribution in [0.5, 0.6) is 0 Å². The van der Waals surface area contributed by atoms with Gasteiger partial charge >= 0.3 is 11.9 Å². The van der Waals surface area contributed by atoms with Crippen LogP contribution in [0.25, 0.3) is 10.9 Å². The van der Waals surface area contributed by atoms with E-state index in [4.69, 9.17) is 19.8 Å². The molecule has 0 bridgehead atoms.